The van der Waals surface area contributed by atoms with Crippen LogP contribution in [0.4, 0.5) is 0 Å². The summed E-state index contributed by atoms with van der Waals surface area (Å²) in [7, 11) is 0. The zero-order valence-corrected chi connectivity index (χ0v) is 35.5. The van der Waals surface area contributed by atoms with Gasteiger partial charge in [-0.2, -0.15) is 0 Å². The number of nitrogens with zero attached hydrogens (tertiary/aromatic N) is 3. The lowest BCUT2D eigenvalue weighted by molar-refractivity contribution is 0.669. The fourth-order valence-electron chi connectivity index (χ4n) is 9.71. The first-order valence-electron chi connectivity index (χ1n) is 22.2. The normalized spacial score (nSPS) is 11.6. The first-order chi connectivity index (χ1) is 32.7. The molecular weight excluding hydrogens is 807 g/mol. The minimum atomic E-state index is 0.493. The number of para-hydroxylation sites is 4. The van der Waals surface area contributed by atoms with Gasteiger partial charge < -0.3 is 8.83 Å². The minimum absolute atomic E-state index is 0.493. The first kappa shape index (κ1) is 37.6. The number of furan rings is 2. The van der Waals surface area contributed by atoms with E-state index < -0.39 is 0 Å². The third-order valence-corrected chi connectivity index (χ3v) is 12.8. The summed E-state index contributed by atoms with van der Waals surface area (Å²) in [6.07, 6.45) is 0. The van der Waals surface area contributed by atoms with E-state index in [-0.39, 0.29) is 0 Å². The van der Waals surface area contributed by atoms with E-state index in [0.29, 0.717) is 28.6 Å². The van der Waals surface area contributed by atoms with Gasteiger partial charge in [0.25, 0.3) is 0 Å². The Morgan fingerprint density at radius 2 is 0.682 bits per heavy atom. The van der Waals surface area contributed by atoms with Crippen LogP contribution in [0, 0.1) is 0 Å². The molecule has 0 aliphatic carbocycles. The number of aromatic nitrogens is 3. The second-order valence-corrected chi connectivity index (χ2v) is 16.6. The van der Waals surface area contributed by atoms with Crippen LogP contribution in [0.1, 0.15) is 0 Å². The highest BCUT2D eigenvalue weighted by Crippen LogP contribution is 2.48. The maximum absolute atomic E-state index is 6.67. The molecule has 0 amide bonds. The molecule has 0 unspecified atom stereocenters. The Labute approximate surface area is 379 Å². The van der Waals surface area contributed by atoms with Gasteiger partial charge in [0.2, 0.25) is 0 Å². The van der Waals surface area contributed by atoms with Crippen LogP contribution in [-0.2, 0) is 0 Å². The summed E-state index contributed by atoms with van der Waals surface area (Å²) in [6.45, 7) is 0. The predicted molar refractivity (Wildman–Crippen MR) is 270 cm³/mol. The molecule has 0 fully saturated rings. The molecule has 66 heavy (non-hydrogen) atoms. The Kier molecular flexibility index (Phi) is 8.78. The van der Waals surface area contributed by atoms with E-state index in [1.165, 1.54) is 0 Å². The van der Waals surface area contributed by atoms with Gasteiger partial charge in [0, 0.05) is 32.7 Å². The highest BCUT2D eigenvalue weighted by Gasteiger charge is 2.26. The maximum atomic E-state index is 6.67. The highest BCUT2D eigenvalue weighted by atomic mass is 16.3. The minimum Gasteiger partial charge on any atom is -0.455 e. The van der Waals surface area contributed by atoms with E-state index in [2.05, 4.69) is 176 Å². The van der Waals surface area contributed by atoms with Crippen LogP contribution in [0.15, 0.2) is 233 Å². The van der Waals surface area contributed by atoms with Crippen LogP contribution in [0.3, 0.4) is 0 Å². The lowest BCUT2D eigenvalue weighted by Crippen LogP contribution is -2.04. The number of hydrogen-bond donors (Lipinski definition) is 0. The van der Waals surface area contributed by atoms with Crippen molar-refractivity contribution in [3.8, 4) is 78.7 Å². The molecule has 308 valence electrons. The molecule has 0 spiro atoms. The first-order valence-corrected chi connectivity index (χ1v) is 22.2. The molecule has 5 nitrogen and oxygen atoms in total. The van der Waals surface area contributed by atoms with Crippen molar-refractivity contribution in [1.82, 2.24) is 15.0 Å². The molecule has 0 atom stereocenters. The van der Waals surface area contributed by atoms with E-state index in [1.54, 1.807) is 0 Å². The van der Waals surface area contributed by atoms with Crippen LogP contribution in [0.5, 0.6) is 0 Å². The molecule has 0 saturated carbocycles. The standard InChI is InChI=1S/C61H37N3O2/c1-3-16-38(17-4-1)39-32-34-42(35-33-39)55-48(45-25-13-21-40-20-7-8-22-43(40)45)37-36-44(41-18-5-2-6-19-41)56(55)61-63-59(51-28-14-26-49-46-23-9-11-30-53(46)65-57(49)51)62-60(64-61)52-29-15-27-50-47-24-10-12-31-54(47)66-58(50)52/h1-37H. The van der Waals surface area contributed by atoms with Gasteiger partial charge in [-0.05, 0) is 74.0 Å². The molecule has 0 bridgehead atoms. The van der Waals surface area contributed by atoms with Gasteiger partial charge in [-0.25, -0.2) is 15.0 Å². The van der Waals surface area contributed by atoms with Gasteiger partial charge in [0.15, 0.2) is 17.5 Å². The SMILES string of the molecule is c1ccc(-c2ccc(-c3c(-c4cccc5ccccc45)ccc(-c4ccccc4)c3-c3nc(-c4cccc5c4oc4ccccc45)nc(-c4cccc5c4oc4ccccc45)n3)cc2)cc1. The number of benzene rings is 10. The topological polar surface area (TPSA) is 65.0 Å². The summed E-state index contributed by atoms with van der Waals surface area (Å²) < 4.78 is 13.3. The molecule has 3 aromatic heterocycles. The molecule has 3 heterocycles. The molecule has 10 aromatic carbocycles. The molecule has 0 radical (unpaired) electrons. The van der Waals surface area contributed by atoms with Crippen molar-refractivity contribution in [2.45, 2.75) is 0 Å². The number of rotatable bonds is 7. The van der Waals surface area contributed by atoms with Crippen molar-refractivity contribution in [3.05, 3.63) is 224 Å². The molecule has 13 aromatic rings. The Bertz CT molecular complexity index is 3850. The van der Waals surface area contributed by atoms with Gasteiger partial charge in [-0.15, -0.1) is 0 Å². The summed E-state index contributed by atoms with van der Waals surface area (Å²) >= 11 is 0. The summed E-state index contributed by atoms with van der Waals surface area (Å²) in [5.41, 5.74) is 14.0. The van der Waals surface area contributed by atoms with Crippen molar-refractivity contribution in [3.63, 3.8) is 0 Å². The van der Waals surface area contributed by atoms with E-state index >= 15 is 0 Å². The predicted octanol–water partition coefficient (Wildman–Crippen LogP) is 16.5. The zero-order valence-electron chi connectivity index (χ0n) is 35.5. The van der Waals surface area contributed by atoms with Gasteiger partial charge in [0.1, 0.15) is 22.3 Å². The molecule has 5 heteroatoms. The van der Waals surface area contributed by atoms with E-state index in [4.69, 9.17) is 23.8 Å². The van der Waals surface area contributed by atoms with Gasteiger partial charge in [0.05, 0.1) is 11.1 Å². The molecule has 0 aliphatic heterocycles. The average Bonchev–Trinajstić information content (AvgIpc) is 3.97. The van der Waals surface area contributed by atoms with Crippen molar-refractivity contribution < 1.29 is 8.83 Å². The third kappa shape index (κ3) is 6.21. The molecule has 0 saturated heterocycles. The Hall–Kier alpha value is -8.93. The summed E-state index contributed by atoms with van der Waals surface area (Å²) in [6, 6.07) is 78.3. The van der Waals surface area contributed by atoms with Crippen LogP contribution in [0.2, 0.25) is 0 Å². The molecule has 0 N–H and O–H groups in total. The second-order valence-electron chi connectivity index (χ2n) is 16.6. The lowest BCUT2D eigenvalue weighted by Gasteiger charge is -2.21. The van der Waals surface area contributed by atoms with E-state index in [0.717, 1.165) is 105 Å². The van der Waals surface area contributed by atoms with Crippen LogP contribution in [-0.4, -0.2) is 15.0 Å². The highest BCUT2D eigenvalue weighted by molar-refractivity contribution is 6.11. The van der Waals surface area contributed by atoms with Gasteiger partial charge in [-0.1, -0.05) is 200 Å². The smallest absolute Gasteiger partial charge is 0.167 e. The largest absolute Gasteiger partial charge is 0.455 e. The molecule has 13 rings (SSSR count). The number of fused-ring (bicyclic) bond motifs is 7. The molecule has 0 aliphatic rings. The van der Waals surface area contributed by atoms with Gasteiger partial charge >= 0.3 is 0 Å². The van der Waals surface area contributed by atoms with Crippen LogP contribution >= 0.6 is 0 Å². The summed E-state index contributed by atoms with van der Waals surface area (Å²) in [5, 5.41) is 6.38. The van der Waals surface area contributed by atoms with E-state index in [1.807, 2.05) is 48.5 Å². The van der Waals surface area contributed by atoms with Crippen molar-refractivity contribution in [1.29, 1.82) is 0 Å². The third-order valence-electron chi connectivity index (χ3n) is 12.8. The lowest BCUT2D eigenvalue weighted by atomic mass is 9.83. The van der Waals surface area contributed by atoms with Crippen LogP contribution < -0.4 is 0 Å². The Morgan fingerprint density at radius 3 is 1.32 bits per heavy atom. The van der Waals surface area contributed by atoms with Crippen molar-refractivity contribution in [2.24, 2.45) is 0 Å². The maximum Gasteiger partial charge on any atom is 0.167 e. The fraction of sp³-hybridized carbons (Fsp3) is 0. The quantitative estimate of drug-likeness (QED) is 0.160. The zero-order chi connectivity index (χ0) is 43.6. The van der Waals surface area contributed by atoms with Crippen LogP contribution in [0.25, 0.3) is 133 Å². The fourth-order valence-corrected chi connectivity index (χ4v) is 9.71. The summed E-state index contributed by atoms with van der Waals surface area (Å²) in [4.78, 5) is 16.5. The van der Waals surface area contributed by atoms with Crippen molar-refractivity contribution >= 4 is 54.6 Å². The average molecular weight is 844 g/mol. The Balaban J connectivity index is 1.16. The number of hydrogen-bond acceptors (Lipinski definition) is 5. The second kappa shape index (κ2) is 15.4. The Morgan fingerprint density at radius 1 is 0.242 bits per heavy atom. The molecular formula is C61H37N3O2. The van der Waals surface area contributed by atoms with Gasteiger partial charge in [-0.3, -0.25) is 0 Å². The van der Waals surface area contributed by atoms with Crippen molar-refractivity contribution in [2.75, 3.05) is 0 Å². The monoisotopic (exact) mass is 843 g/mol. The summed E-state index contributed by atoms with van der Waals surface area (Å²) in [5.74, 6) is 1.51. The van der Waals surface area contributed by atoms with E-state index in [9.17, 15) is 0 Å².